The van der Waals surface area contributed by atoms with Gasteiger partial charge < -0.3 is 9.64 Å². The Bertz CT molecular complexity index is 890. The highest BCUT2D eigenvalue weighted by Crippen LogP contribution is 2.36. The van der Waals surface area contributed by atoms with Crippen LogP contribution in [0, 0.1) is 25.7 Å². The third kappa shape index (κ3) is 4.07. The van der Waals surface area contributed by atoms with Gasteiger partial charge in [0.05, 0.1) is 17.1 Å². The van der Waals surface area contributed by atoms with Gasteiger partial charge in [-0.2, -0.15) is 5.10 Å². The average Bonchev–Trinajstić information content (AvgIpc) is 3.06. The van der Waals surface area contributed by atoms with Crippen LogP contribution in [-0.4, -0.2) is 46.3 Å². The van der Waals surface area contributed by atoms with Crippen LogP contribution in [-0.2, 0) is 9.53 Å². The van der Waals surface area contributed by atoms with Crippen LogP contribution in [0.1, 0.15) is 53.8 Å². The molecule has 1 saturated carbocycles. The number of fused-ring (bicyclic) bond motifs is 1. The molecule has 2 atom stereocenters. The Balaban J connectivity index is 1.39. The second kappa shape index (κ2) is 8.39. The monoisotopic (exact) mass is 395 g/mol. The molecule has 1 saturated heterocycles. The summed E-state index contributed by atoms with van der Waals surface area (Å²) < 4.78 is 7.14. The van der Waals surface area contributed by atoms with Gasteiger partial charge in [0.2, 0.25) is 0 Å². The first kappa shape index (κ1) is 19.7. The topological polar surface area (TPSA) is 64.4 Å². The molecule has 0 radical (unpaired) electrons. The fourth-order valence-corrected chi connectivity index (χ4v) is 4.88. The molecule has 154 valence electrons. The number of esters is 1. The molecule has 1 amide bonds. The minimum absolute atomic E-state index is 0.0897. The van der Waals surface area contributed by atoms with E-state index >= 15 is 0 Å². The fraction of sp³-hybridized carbons (Fsp3) is 0.522. The number of benzene rings is 1. The van der Waals surface area contributed by atoms with Crippen LogP contribution in [0.15, 0.2) is 30.3 Å². The minimum Gasteiger partial charge on any atom is -0.452 e. The molecular formula is C23H29N3O3. The molecule has 6 nitrogen and oxygen atoms in total. The van der Waals surface area contributed by atoms with E-state index in [-0.39, 0.29) is 12.5 Å². The maximum atomic E-state index is 12.7. The molecule has 0 unspecified atom stereocenters. The molecule has 2 aliphatic rings. The van der Waals surface area contributed by atoms with Crippen LogP contribution in [0.5, 0.6) is 0 Å². The van der Waals surface area contributed by atoms with E-state index in [1.54, 1.807) is 11.6 Å². The lowest BCUT2D eigenvalue weighted by atomic mass is 9.75. The number of ether oxygens (including phenoxy) is 1. The SMILES string of the molecule is Cc1nn(-c2ccccc2)c(C)c1C(=O)OCC(=O)N1CC[C@H]2CCCC[C@@H]2C1. The summed E-state index contributed by atoms with van der Waals surface area (Å²) in [4.78, 5) is 27.2. The quantitative estimate of drug-likeness (QED) is 0.741. The van der Waals surface area contributed by atoms with Crippen LogP contribution in [0.3, 0.4) is 0 Å². The summed E-state index contributed by atoms with van der Waals surface area (Å²) >= 11 is 0. The lowest BCUT2D eigenvalue weighted by molar-refractivity contribution is -0.137. The summed E-state index contributed by atoms with van der Waals surface area (Å²) in [6, 6.07) is 9.67. The zero-order valence-corrected chi connectivity index (χ0v) is 17.3. The number of para-hydroxylation sites is 1. The fourth-order valence-electron chi connectivity index (χ4n) is 4.88. The number of hydrogen-bond donors (Lipinski definition) is 0. The predicted molar refractivity (Wildman–Crippen MR) is 110 cm³/mol. The van der Waals surface area contributed by atoms with Gasteiger partial charge in [-0.3, -0.25) is 4.79 Å². The lowest BCUT2D eigenvalue weighted by Gasteiger charge is -2.41. The van der Waals surface area contributed by atoms with E-state index in [1.807, 2.05) is 42.2 Å². The maximum absolute atomic E-state index is 12.7. The molecule has 1 aromatic heterocycles. The van der Waals surface area contributed by atoms with Crippen molar-refractivity contribution < 1.29 is 14.3 Å². The first-order valence-electron chi connectivity index (χ1n) is 10.6. The van der Waals surface area contributed by atoms with E-state index in [0.29, 0.717) is 22.9 Å². The van der Waals surface area contributed by atoms with Crippen molar-refractivity contribution in [2.75, 3.05) is 19.7 Å². The van der Waals surface area contributed by atoms with Crippen molar-refractivity contribution in [2.24, 2.45) is 11.8 Å². The molecule has 2 heterocycles. The summed E-state index contributed by atoms with van der Waals surface area (Å²) in [7, 11) is 0. The van der Waals surface area contributed by atoms with E-state index in [2.05, 4.69) is 5.10 Å². The smallest absolute Gasteiger partial charge is 0.342 e. The van der Waals surface area contributed by atoms with E-state index < -0.39 is 5.97 Å². The summed E-state index contributed by atoms with van der Waals surface area (Å²) in [5, 5.41) is 4.48. The molecule has 1 aromatic carbocycles. The predicted octanol–water partition coefficient (Wildman–Crippen LogP) is 3.68. The van der Waals surface area contributed by atoms with Crippen LogP contribution in [0.2, 0.25) is 0 Å². The van der Waals surface area contributed by atoms with E-state index in [1.165, 1.54) is 25.7 Å². The summed E-state index contributed by atoms with van der Waals surface area (Å²) in [5.74, 6) is 0.812. The molecule has 1 aliphatic carbocycles. The summed E-state index contributed by atoms with van der Waals surface area (Å²) in [6.45, 7) is 5.02. The number of carbonyl (C=O) groups excluding carboxylic acids is 2. The Morgan fingerprint density at radius 3 is 2.55 bits per heavy atom. The lowest BCUT2D eigenvalue weighted by Crippen LogP contribution is -2.46. The van der Waals surface area contributed by atoms with Gasteiger partial charge in [0.15, 0.2) is 6.61 Å². The largest absolute Gasteiger partial charge is 0.452 e. The van der Waals surface area contributed by atoms with Gasteiger partial charge in [-0.1, -0.05) is 37.5 Å². The van der Waals surface area contributed by atoms with Gasteiger partial charge in [-0.05, 0) is 50.7 Å². The Morgan fingerprint density at radius 1 is 1.07 bits per heavy atom. The second-order valence-corrected chi connectivity index (χ2v) is 8.30. The van der Waals surface area contributed by atoms with Crippen molar-refractivity contribution >= 4 is 11.9 Å². The highest BCUT2D eigenvalue weighted by Gasteiger charge is 2.33. The standard InChI is InChI=1S/C23H29N3O3/c1-16-22(17(2)26(24-16)20-10-4-3-5-11-20)23(28)29-15-21(27)25-13-12-18-8-6-7-9-19(18)14-25/h3-5,10-11,18-19H,6-9,12-15H2,1-2H3/t18-,19-/m1/s1. The van der Waals surface area contributed by atoms with Gasteiger partial charge in [-0.25, -0.2) is 9.48 Å². The van der Waals surface area contributed by atoms with Crippen molar-refractivity contribution in [2.45, 2.75) is 46.0 Å². The van der Waals surface area contributed by atoms with Gasteiger partial charge in [-0.15, -0.1) is 0 Å². The summed E-state index contributed by atoms with van der Waals surface area (Å²) in [5.41, 5.74) is 2.65. The molecule has 6 heteroatoms. The van der Waals surface area contributed by atoms with Crippen molar-refractivity contribution in [3.05, 3.63) is 47.3 Å². The number of aromatic nitrogens is 2. The zero-order chi connectivity index (χ0) is 20.4. The Kier molecular flexibility index (Phi) is 5.69. The molecule has 29 heavy (non-hydrogen) atoms. The number of rotatable bonds is 4. The number of aryl methyl sites for hydroxylation is 1. The summed E-state index contributed by atoms with van der Waals surface area (Å²) in [6.07, 6.45) is 6.17. The molecule has 0 spiro atoms. The average molecular weight is 396 g/mol. The number of nitrogens with zero attached hydrogens (tertiary/aromatic N) is 3. The van der Waals surface area contributed by atoms with Crippen LogP contribution in [0.25, 0.3) is 5.69 Å². The minimum atomic E-state index is -0.483. The van der Waals surface area contributed by atoms with E-state index in [4.69, 9.17) is 4.74 Å². The number of hydrogen-bond acceptors (Lipinski definition) is 4. The van der Waals surface area contributed by atoms with Gasteiger partial charge >= 0.3 is 5.97 Å². The first-order chi connectivity index (χ1) is 14.0. The molecule has 0 N–H and O–H groups in total. The van der Waals surface area contributed by atoms with Crippen molar-refractivity contribution in [3.63, 3.8) is 0 Å². The van der Waals surface area contributed by atoms with Crippen molar-refractivity contribution in [1.82, 2.24) is 14.7 Å². The molecule has 0 bridgehead atoms. The van der Waals surface area contributed by atoms with Crippen molar-refractivity contribution in [3.8, 4) is 5.69 Å². The molecule has 2 fully saturated rings. The van der Waals surface area contributed by atoms with Crippen molar-refractivity contribution in [1.29, 1.82) is 0 Å². The Labute approximate surface area is 171 Å². The van der Waals surface area contributed by atoms with Crippen LogP contribution >= 0.6 is 0 Å². The molecule has 1 aliphatic heterocycles. The van der Waals surface area contributed by atoms with Gasteiger partial charge in [0, 0.05) is 13.1 Å². The number of amides is 1. The third-order valence-electron chi connectivity index (χ3n) is 6.47. The zero-order valence-electron chi connectivity index (χ0n) is 17.3. The molecule has 4 rings (SSSR count). The van der Waals surface area contributed by atoms with Crippen LogP contribution < -0.4 is 0 Å². The Hall–Kier alpha value is -2.63. The molecular weight excluding hydrogens is 366 g/mol. The van der Waals surface area contributed by atoms with E-state index in [9.17, 15) is 9.59 Å². The highest BCUT2D eigenvalue weighted by atomic mass is 16.5. The van der Waals surface area contributed by atoms with E-state index in [0.717, 1.165) is 31.1 Å². The highest BCUT2D eigenvalue weighted by molar-refractivity contribution is 5.93. The van der Waals surface area contributed by atoms with Gasteiger partial charge in [0.25, 0.3) is 5.91 Å². The Morgan fingerprint density at radius 2 is 1.79 bits per heavy atom. The normalized spacial score (nSPS) is 21.5. The van der Waals surface area contributed by atoms with Gasteiger partial charge in [0.1, 0.15) is 5.56 Å². The number of likely N-dealkylation sites (tertiary alicyclic amines) is 1. The maximum Gasteiger partial charge on any atom is 0.342 e. The van der Waals surface area contributed by atoms with Crippen LogP contribution in [0.4, 0.5) is 0 Å². The number of piperidine rings is 1. The second-order valence-electron chi connectivity index (χ2n) is 8.30. The molecule has 2 aromatic rings. The third-order valence-corrected chi connectivity index (χ3v) is 6.47. The first-order valence-corrected chi connectivity index (χ1v) is 10.6. The number of carbonyl (C=O) groups is 2.